The maximum absolute atomic E-state index is 12.5. The van der Waals surface area contributed by atoms with Crippen molar-refractivity contribution in [2.75, 3.05) is 44.3 Å². The third-order valence-electron chi connectivity index (χ3n) is 5.24. The highest BCUT2D eigenvalue weighted by Crippen LogP contribution is 2.20. The van der Waals surface area contributed by atoms with Gasteiger partial charge in [0.05, 0.1) is 12.3 Å². The number of nitrogens with zero attached hydrogens (tertiary/aromatic N) is 5. The number of piperazine rings is 1. The lowest BCUT2D eigenvalue weighted by molar-refractivity contribution is -0.133. The Kier molecular flexibility index (Phi) is 7.12. The second-order valence-electron chi connectivity index (χ2n) is 7.49. The van der Waals surface area contributed by atoms with E-state index in [0.717, 1.165) is 29.2 Å². The summed E-state index contributed by atoms with van der Waals surface area (Å²) in [6.45, 7) is 5.44. The van der Waals surface area contributed by atoms with Crippen LogP contribution in [0.25, 0.3) is 11.3 Å². The molecule has 0 saturated carbocycles. The molecular formula is C24H27N5O3. The van der Waals surface area contributed by atoms with E-state index in [1.165, 1.54) is 0 Å². The highest BCUT2D eigenvalue weighted by Gasteiger charge is 2.22. The van der Waals surface area contributed by atoms with Crippen molar-refractivity contribution >= 4 is 11.7 Å². The molecule has 1 saturated heterocycles. The molecule has 3 aromatic rings. The third kappa shape index (κ3) is 5.51. The summed E-state index contributed by atoms with van der Waals surface area (Å²) in [5.74, 6) is 2.26. The van der Waals surface area contributed by atoms with Crippen LogP contribution in [0.15, 0.2) is 60.9 Å². The maximum Gasteiger partial charge on any atom is 0.260 e. The van der Waals surface area contributed by atoms with Crippen molar-refractivity contribution in [2.24, 2.45) is 0 Å². The Morgan fingerprint density at radius 1 is 0.875 bits per heavy atom. The summed E-state index contributed by atoms with van der Waals surface area (Å²) < 4.78 is 11.2. The van der Waals surface area contributed by atoms with Gasteiger partial charge in [0.1, 0.15) is 11.5 Å². The number of aromatic nitrogens is 3. The fourth-order valence-corrected chi connectivity index (χ4v) is 3.44. The minimum absolute atomic E-state index is 0.0184. The van der Waals surface area contributed by atoms with E-state index < -0.39 is 0 Å². The number of hydrogen-bond acceptors (Lipinski definition) is 7. The standard InChI is InChI=1S/C24H27N5O3/c1-2-17-31-20-3-5-21(6-4-20)32-18-24(30)29-15-13-28(14-16-29)23-8-7-22(26-27-23)19-9-11-25-12-10-19/h3-12H,2,13-18H2,1H3. The van der Waals surface area contributed by atoms with Gasteiger partial charge in [0, 0.05) is 44.1 Å². The van der Waals surface area contributed by atoms with Gasteiger partial charge >= 0.3 is 0 Å². The zero-order valence-corrected chi connectivity index (χ0v) is 18.2. The normalized spacial score (nSPS) is 13.7. The first-order valence-corrected chi connectivity index (χ1v) is 10.9. The molecular weight excluding hydrogens is 406 g/mol. The fourth-order valence-electron chi connectivity index (χ4n) is 3.44. The van der Waals surface area contributed by atoms with Crippen LogP contribution in [0.2, 0.25) is 0 Å². The van der Waals surface area contributed by atoms with E-state index in [-0.39, 0.29) is 12.5 Å². The summed E-state index contributed by atoms with van der Waals surface area (Å²) in [6, 6.07) is 15.1. The minimum Gasteiger partial charge on any atom is -0.494 e. The first-order valence-electron chi connectivity index (χ1n) is 10.9. The van der Waals surface area contributed by atoms with Gasteiger partial charge in [0.15, 0.2) is 12.4 Å². The smallest absolute Gasteiger partial charge is 0.260 e. The monoisotopic (exact) mass is 433 g/mol. The molecule has 3 heterocycles. The van der Waals surface area contributed by atoms with Crippen LogP contribution in [-0.4, -0.2) is 65.4 Å². The van der Waals surface area contributed by atoms with Crippen LogP contribution in [0.1, 0.15) is 13.3 Å². The van der Waals surface area contributed by atoms with Crippen LogP contribution in [0.4, 0.5) is 5.82 Å². The SMILES string of the molecule is CCCOc1ccc(OCC(=O)N2CCN(c3ccc(-c4ccncc4)nn3)CC2)cc1. The predicted molar refractivity (Wildman–Crippen MR) is 122 cm³/mol. The fraction of sp³-hybridized carbons (Fsp3) is 0.333. The van der Waals surface area contributed by atoms with E-state index in [4.69, 9.17) is 9.47 Å². The van der Waals surface area contributed by atoms with Gasteiger partial charge in [-0.25, -0.2) is 0 Å². The van der Waals surface area contributed by atoms with Gasteiger partial charge in [-0.3, -0.25) is 9.78 Å². The van der Waals surface area contributed by atoms with Gasteiger partial charge in [-0.2, -0.15) is 0 Å². The topological polar surface area (TPSA) is 80.7 Å². The Hall–Kier alpha value is -3.68. The second kappa shape index (κ2) is 10.6. The lowest BCUT2D eigenvalue weighted by atomic mass is 10.2. The van der Waals surface area contributed by atoms with Crippen LogP contribution in [-0.2, 0) is 4.79 Å². The quantitative estimate of drug-likeness (QED) is 0.540. The summed E-state index contributed by atoms with van der Waals surface area (Å²) in [7, 11) is 0. The number of carbonyl (C=O) groups excluding carboxylic acids is 1. The van der Waals surface area contributed by atoms with Crippen LogP contribution >= 0.6 is 0 Å². The van der Waals surface area contributed by atoms with E-state index in [1.807, 2.05) is 53.4 Å². The van der Waals surface area contributed by atoms with Crippen molar-refractivity contribution in [3.63, 3.8) is 0 Å². The molecule has 1 amide bonds. The molecule has 0 N–H and O–H groups in total. The van der Waals surface area contributed by atoms with E-state index in [9.17, 15) is 4.79 Å². The largest absolute Gasteiger partial charge is 0.494 e. The average Bonchev–Trinajstić information content (AvgIpc) is 2.87. The molecule has 0 unspecified atom stereocenters. The highest BCUT2D eigenvalue weighted by molar-refractivity contribution is 5.78. The minimum atomic E-state index is -0.0184. The molecule has 166 valence electrons. The van der Waals surface area contributed by atoms with Gasteiger partial charge in [0.25, 0.3) is 5.91 Å². The molecule has 1 fully saturated rings. The Bertz CT molecular complexity index is 988. The number of rotatable bonds is 8. The van der Waals surface area contributed by atoms with Crippen molar-refractivity contribution < 1.29 is 14.3 Å². The molecule has 0 atom stereocenters. The lowest BCUT2D eigenvalue weighted by Gasteiger charge is -2.35. The van der Waals surface area contributed by atoms with Gasteiger partial charge in [-0.1, -0.05) is 6.92 Å². The van der Waals surface area contributed by atoms with Crippen LogP contribution in [0.3, 0.4) is 0 Å². The maximum atomic E-state index is 12.5. The second-order valence-corrected chi connectivity index (χ2v) is 7.49. The molecule has 32 heavy (non-hydrogen) atoms. The molecule has 0 spiro atoms. The Labute approximate surface area is 187 Å². The van der Waals surface area contributed by atoms with Crippen molar-refractivity contribution in [1.29, 1.82) is 0 Å². The van der Waals surface area contributed by atoms with E-state index >= 15 is 0 Å². The predicted octanol–water partition coefficient (Wildman–Crippen LogP) is 3.06. The number of ether oxygens (including phenoxy) is 2. The molecule has 0 bridgehead atoms. The number of pyridine rings is 1. The van der Waals surface area contributed by atoms with E-state index in [1.54, 1.807) is 12.4 Å². The van der Waals surface area contributed by atoms with Crippen molar-refractivity contribution in [3.8, 4) is 22.8 Å². The molecule has 1 aliphatic rings. The molecule has 1 aromatic carbocycles. The van der Waals surface area contributed by atoms with Gasteiger partial charge in [0.2, 0.25) is 0 Å². The zero-order valence-electron chi connectivity index (χ0n) is 18.2. The summed E-state index contributed by atoms with van der Waals surface area (Å²) in [5.41, 5.74) is 1.80. The molecule has 0 aliphatic carbocycles. The van der Waals surface area contributed by atoms with Crippen molar-refractivity contribution in [2.45, 2.75) is 13.3 Å². The highest BCUT2D eigenvalue weighted by atomic mass is 16.5. The number of amides is 1. The average molecular weight is 434 g/mol. The Balaban J connectivity index is 1.24. The summed E-state index contributed by atoms with van der Waals surface area (Å²) in [5, 5.41) is 8.70. The molecule has 8 heteroatoms. The molecule has 0 radical (unpaired) electrons. The lowest BCUT2D eigenvalue weighted by Crippen LogP contribution is -2.50. The van der Waals surface area contributed by atoms with E-state index in [0.29, 0.717) is 38.5 Å². The van der Waals surface area contributed by atoms with Crippen LogP contribution < -0.4 is 14.4 Å². The number of anilines is 1. The molecule has 1 aliphatic heterocycles. The van der Waals surface area contributed by atoms with Gasteiger partial charge in [-0.05, 0) is 55.0 Å². The number of benzene rings is 1. The Morgan fingerprint density at radius 3 is 2.19 bits per heavy atom. The van der Waals surface area contributed by atoms with Gasteiger partial charge < -0.3 is 19.3 Å². The van der Waals surface area contributed by atoms with Gasteiger partial charge in [-0.15, -0.1) is 10.2 Å². The molecule has 4 rings (SSSR count). The molecule has 8 nitrogen and oxygen atoms in total. The number of hydrogen-bond donors (Lipinski definition) is 0. The van der Waals surface area contributed by atoms with Crippen molar-refractivity contribution in [1.82, 2.24) is 20.1 Å². The third-order valence-corrected chi connectivity index (χ3v) is 5.24. The van der Waals surface area contributed by atoms with E-state index in [2.05, 4.69) is 27.0 Å². The Morgan fingerprint density at radius 2 is 1.56 bits per heavy atom. The summed E-state index contributed by atoms with van der Waals surface area (Å²) in [6.07, 6.45) is 4.44. The first-order chi connectivity index (χ1) is 15.7. The van der Waals surface area contributed by atoms with Crippen LogP contribution in [0, 0.1) is 0 Å². The zero-order chi connectivity index (χ0) is 22.2. The van der Waals surface area contributed by atoms with Crippen molar-refractivity contribution in [3.05, 3.63) is 60.9 Å². The van der Waals surface area contributed by atoms with Crippen LogP contribution in [0.5, 0.6) is 11.5 Å². The number of carbonyl (C=O) groups is 1. The summed E-state index contributed by atoms with van der Waals surface area (Å²) >= 11 is 0. The molecule has 2 aromatic heterocycles. The summed E-state index contributed by atoms with van der Waals surface area (Å²) in [4.78, 5) is 20.5. The first kappa shape index (κ1) is 21.5.